The van der Waals surface area contributed by atoms with Crippen LogP contribution in [0.3, 0.4) is 0 Å². The lowest BCUT2D eigenvalue weighted by Crippen LogP contribution is -2.38. The van der Waals surface area contributed by atoms with E-state index >= 15 is 0 Å². The van der Waals surface area contributed by atoms with Crippen molar-refractivity contribution in [2.75, 3.05) is 0 Å². The molecular weight excluding hydrogens is 300 g/mol. The zero-order chi connectivity index (χ0) is 15.5. The van der Waals surface area contributed by atoms with Gasteiger partial charge in [-0.2, -0.15) is 0 Å². The highest BCUT2D eigenvalue weighted by Crippen LogP contribution is 2.21. The summed E-state index contributed by atoms with van der Waals surface area (Å²) in [6.45, 7) is 0.659. The van der Waals surface area contributed by atoms with E-state index in [0.29, 0.717) is 13.0 Å². The summed E-state index contributed by atoms with van der Waals surface area (Å²) in [7, 11) is 0. The van der Waals surface area contributed by atoms with Crippen molar-refractivity contribution in [2.45, 2.75) is 50.8 Å². The fraction of sp³-hybridized carbons (Fsp3) is 0.471. The van der Waals surface area contributed by atoms with E-state index in [0.717, 1.165) is 41.6 Å². The monoisotopic (exact) mass is 320 g/mol. The van der Waals surface area contributed by atoms with Gasteiger partial charge in [-0.25, -0.2) is 0 Å². The predicted octanol–water partition coefficient (Wildman–Crippen LogP) is 3.10. The zero-order valence-electron chi connectivity index (χ0n) is 12.5. The summed E-state index contributed by atoms with van der Waals surface area (Å²) in [6, 6.07) is 8.02. The van der Waals surface area contributed by atoms with Crippen molar-refractivity contribution in [3.8, 4) is 0 Å². The minimum Gasteiger partial charge on any atom is -0.393 e. The van der Waals surface area contributed by atoms with Crippen molar-refractivity contribution in [2.24, 2.45) is 0 Å². The molecule has 4 nitrogen and oxygen atoms in total. The van der Waals surface area contributed by atoms with E-state index in [4.69, 9.17) is 11.6 Å². The largest absolute Gasteiger partial charge is 0.393 e. The number of hydrogen-bond donors (Lipinski definition) is 2. The Bertz CT molecular complexity index is 660. The number of rotatable bonds is 4. The third-order valence-corrected chi connectivity index (χ3v) is 4.61. The summed E-state index contributed by atoms with van der Waals surface area (Å²) in [4.78, 5) is 12.1. The number of nitrogens with zero attached hydrogens (tertiary/aromatic N) is 1. The topological polar surface area (TPSA) is 54.3 Å². The minimum absolute atomic E-state index is 0.0807. The van der Waals surface area contributed by atoms with Gasteiger partial charge in [0, 0.05) is 41.1 Å². The van der Waals surface area contributed by atoms with E-state index in [2.05, 4.69) is 9.88 Å². The van der Waals surface area contributed by atoms with Crippen LogP contribution in [0.5, 0.6) is 0 Å². The summed E-state index contributed by atoms with van der Waals surface area (Å²) < 4.78 is 2.08. The van der Waals surface area contributed by atoms with Crippen LogP contribution < -0.4 is 5.32 Å². The Morgan fingerprint density at radius 2 is 2.05 bits per heavy atom. The fourth-order valence-corrected chi connectivity index (χ4v) is 3.29. The number of benzene rings is 1. The van der Waals surface area contributed by atoms with Gasteiger partial charge in [0.25, 0.3) is 0 Å². The van der Waals surface area contributed by atoms with Crippen molar-refractivity contribution in [1.29, 1.82) is 0 Å². The van der Waals surface area contributed by atoms with Gasteiger partial charge in [-0.3, -0.25) is 4.79 Å². The Morgan fingerprint density at radius 1 is 1.27 bits per heavy atom. The van der Waals surface area contributed by atoms with Gasteiger partial charge in [0.05, 0.1) is 6.10 Å². The van der Waals surface area contributed by atoms with Crippen molar-refractivity contribution >= 4 is 28.4 Å². The molecule has 1 aliphatic rings. The molecule has 2 N–H and O–H groups in total. The number of aliphatic hydroxyl groups excluding tert-OH is 1. The number of aliphatic hydroxyl groups is 1. The number of carbonyl (C=O) groups excluding carboxylic acids is 1. The van der Waals surface area contributed by atoms with Gasteiger partial charge in [0.1, 0.15) is 0 Å². The molecule has 0 aliphatic heterocycles. The fourth-order valence-electron chi connectivity index (χ4n) is 3.11. The molecule has 118 valence electrons. The molecule has 5 heteroatoms. The van der Waals surface area contributed by atoms with Crippen LogP contribution in [-0.2, 0) is 11.3 Å². The normalized spacial score (nSPS) is 21.9. The Kier molecular flexibility index (Phi) is 4.69. The van der Waals surface area contributed by atoms with Crippen LogP contribution in [0.25, 0.3) is 10.9 Å². The molecular formula is C17H21ClN2O2. The van der Waals surface area contributed by atoms with Gasteiger partial charge in [-0.1, -0.05) is 11.6 Å². The van der Waals surface area contributed by atoms with Crippen molar-refractivity contribution in [3.63, 3.8) is 0 Å². The summed E-state index contributed by atoms with van der Waals surface area (Å²) in [6.07, 6.45) is 5.58. The van der Waals surface area contributed by atoms with Crippen LogP contribution in [0.4, 0.5) is 0 Å². The molecule has 22 heavy (non-hydrogen) atoms. The number of fused-ring (bicyclic) bond motifs is 1. The van der Waals surface area contributed by atoms with Gasteiger partial charge in [0.2, 0.25) is 5.91 Å². The Balaban J connectivity index is 1.54. The molecule has 2 aromatic rings. The van der Waals surface area contributed by atoms with Crippen LogP contribution >= 0.6 is 11.6 Å². The van der Waals surface area contributed by atoms with Crippen LogP contribution in [0.2, 0.25) is 5.02 Å². The SMILES string of the molecule is O=C(CCn1ccc2cc(Cl)ccc21)NC1CCC(O)CC1. The van der Waals surface area contributed by atoms with Crippen LogP contribution in [0.15, 0.2) is 30.5 Å². The number of carbonyl (C=O) groups is 1. The number of halogens is 1. The number of aryl methyl sites for hydroxylation is 1. The highest BCUT2D eigenvalue weighted by Gasteiger charge is 2.20. The third kappa shape index (κ3) is 3.62. The average Bonchev–Trinajstić information content (AvgIpc) is 2.89. The van der Waals surface area contributed by atoms with Crippen LogP contribution in [0, 0.1) is 0 Å². The maximum absolute atomic E-state index is 12.1. The van der Waals surface area contributed by atoms with E-state index in [1.165, 1.54) is 0 Å². The highest BCUT2D eigenvalue weighted by atomic mass is 35.5. The van der Waals surface area contributed by atoms with E-state index in [-0.39, 0.29) is 18.1 Å². The predicted molar refractivity (Wildman–Crippen MR) is 88.0 cm³/mol. The molecule has 1 aliphatic carbocycles. The first kappa shape index (κ1) is 15.4. The Hall–Kier alpha value is -1.52. The quantitative estimate of drug-likeness (QED) is 0.909. The lowest BCUT2D eigenvalue weighted by molar-refractivity contribution is -0.122. The maximum Gasteiger partial charge on any atom is 0.222 e. The molecule has 1 aromatic carbocycles. The molecule has 3 rings (SSSR count). The lowest BCUT2D eigenvalue weighted by atomic mass is 9.93. The Labute approximate surface area is 135 Å². The van der Waals surface area contributed by atoms with Crippen LogP contribution in [-0.4, -0.2) is 27.7 Å². The second-order valence-electron chi connectivity index (χ2n) is 6.04. The van der Waals surface area contributed by atoms with E-state index in [1.54, 1.807) is 0 Å². The molecule has 0 spiro atoms. The summed E-state index contributed by atoms with van der Waals surface area (Å²) in [5.74, 6) is 0.0807. The number of hydrogen-bond acceptors (Lipinski definition) is 2. The van der Waals surface area contributed by atoms with Gasteiger partial charge in [-0.15, -0.1) is 0 Å². The first-order valence-electron chi connectivity index (χ1n) is 7.83. The standard InChI is InChI=1S/C17H21ClN2O2/c18-13-1-6-16-12(11-13)7-9-20(16)10-8-17(22)19-14-2-4-15(21)5-3-14/h1,6-7,9,11,14-15,21H,2-5,8,10H2,(H,19,22). The van der Waals surface area contributed by atoms with E-state index < -0.39 is 0 Å². The molecule has 0 saturated heterocycles. The molecule has 0 atom stereocenters. The van der Waals surface area contributed by atoms with E-state index in [9.17, 15) is 9.90 Å². The molecule has 1 heterocycles. The summed E-state index contributed by atoms with van der Waals surface area (Å²) in [5, 5.41) is 14.4. The second kappa shape index (κ2) is 6.71. The van der Waals surface area contributed by atoms with E-state index in [1.807, 2.05) is 30.5 Å². The smallest absolute Gasteiger partial charge is 0.222 e. The third-order valence-electron chi connectivity index (χ3n) is 4.37. The summed E-state index contributed by atoms with van der Waals surface area (Å²) in [5.41, 5.74) is 1.10. The van der Waals surface area contributed by atoms with Crippen molar-refractivity contribution in [1.82, 2.24) is 9.88 Å². The molecule has 1 amide bonds. The highest BCUT2D eigenvalue weighted by molar-refractivity contribution is 6.31. The first-order chi connectivity index (χ1) is 10.6. The Morgan fingerprint density at radius 3 is 2.82 bits per heavy atom. The molecule has 1 fully saturated rings. The number of nitrogens with one attached hydrogen (secondary N) is 1. The van der Waals surface area contributed by atoms with Gasteiger partial charge < -0.3 is 15.0 Å². The molecule has 1 aromatic heterocycles. The average molecular weight is 321 g/mol. The molecule has 1 saturated carbocycles. The van der Waals surface area contributed by atoms with Crippen molar-refractivity contribution in [3.05, 3.63) is 35.5 Å². The van der Waals surface area contributed by atoms with Gasteiger partial charge >= 0.3 is 0 Å². The molecule has 0 radical (unpaired) electrons. The second-order valence-corrected chi connectivity index (χ2v) is 6.47. The minimum atomic E-state index is -0.189. The van der Waals surface area contributed by atoms with Gasteiger partial charge in [0.15, 0.2) is 0 Å². The van der Waals surface area contributed by atoms with Crippen molar-refractivity contribution < 1.29 is 9.90 Å². The van der Waals surface area contributed by atoms with Gasteiger partial charge in [-0.05, 0) is 49.9 Å². The number of amides is 1. The zero-order valence-corrected chi connectivity index (χ0v) is 13.2. The summed E-state index contributed by atoms with van der Waals surface area (Å²) >= 11 is 5.98. The molecule has 0 bridgehead atoms. The number of aromatic nitrogens is 1. The van der Waals surface area contributed by atoms with Crippen LogP contribution in [0.1, 0.15) is 32.1 Å². The lowest BCUT2D eigenvalue weighted by Gasteiger charge is -2.26. The maximum atomic E-state index is 12.1. The first-order valence-corrected chi connectivity index (χ1v) is 8.21. The molecule has 0 unspecified atom stereocenters.